The molecule has 0 radical (unpaired) electrons. The molecule has 0 bridgehead atoms. The summed E-state index contributed by atoms with van der Waals surface area (Å²) in [6, 6.07) is 4.93. The topological polar surface area (TPSA) is 35.5 Å². The van der Waals surface area contributed by atoms with Crippen molar-refractivity contribution in [3.05, 3.63) is 41.7 Å². The maximum absolute atomic E-state index is 14.1. The van der Waals surface area contributed by atoms with E-state index in [1.54, 1.807) is 24.3 Å². The summed E-state index contributed by atoms with van der Waals surface area (Å²) in [5.41, 5.74) is -0.172. The molecule has 1 aromatic carbocycles. The summed E-state index contributed by atoms with van der Waals surface area (Å²) in [5.74, 6) is -0.696. The van der Waals surface area contributed by atoms with Crippen LogP contribution in [0.5, 0.6) is 5.75 Å². The zero-order valence-electron chi connectivity index (χ0n) is 11.0. The quantitative estimate of drug-likeness (QED) is 0.610. The second-order valence-corrected chi connectivity index (χ2v) is 4.40. The minimum atomic E-state index is -0.632. The summed E-state index contributed by atoms with van der Waals surface area (Å²) >= 11 is 0. The Balaban J connectivity index is 3.12. The van der Waals surface area contributed by atoms with Crippen molar-refractivity contribution in [2.24, 2.45) is 0 Å². The summed E-state index contributed by atoms with van der Waals surface area (Å²) in [6.45, 7) is 3.62. The van der Waals surface area contributed by atoms with Gasteiger partial charge in [-0.05, 0) is 6.07 Å². The molecule has 1 aromatic rings. The normalized spacial score (nSPS) is 11.6. The highest BCUT2D eigenvalue weighted by molar-refractivity contribution is 5.82. The van der Waals surface area contributed by atoms with Crippen LogP contribution in [0, 0.1) is 5.82 Å². The van der Waals surface area contributed by atoms with Gasteiger partial charge in [0, 0.05) is 17.1 Å². The molecule has 0 spiro atoms. The van der Waals surface area contributed by atoms with Gasteiger partial charge in [0.1, 0.15) is 0 Å². The number of carbonyl (C=O) groups excluding carboxylic acids is 1. The summed E-state index contributed by atoms with van der Waals surface area (Å²) in [7, 11) is 2.71. The molecule has 0 atom stereocenters. The average Bonchev–Trinajstić information content (AvgIpc) is 2.36. The number of ether oxygens (including phenoxy) is 2. The standard InChI is InChI=1S/C14H17FO3/c1-14(2,9-8-12(16)18-4)10-6-5-7-11(17-3)13(10)15/h5-9H,1-4H3. The Labute approximate surface area is 106 Å². The summed E-state index contributed by atoms with van der Waals surface area (Å²) < 4.78 is 23.5. The maximum atomic E-state index is 14.1. The Kier molecular flexibility index (Phi) is 4.48. The van der Waals surface area contributed by atoms with Crippen LogP contribution < -0.4 is 4.74 Å². The number of esters is 1. The molecule has 0 aliphatic rings. The zero-order valence-corrected chi connectivity index (χ0v) is 11.0. The van der Waals surface area contributed by atoms with E-state index in [9.17, 15) is 9.18 Å². The van der Waals surface area contributed by atoms with E-state index in [1.165, 1.54) is 20.3 Å². The first-order valence-electron chi connectivity index (χ1n) is 5.52. The van der Waals surface area contributed by atoms with Crippen molar-refractivity contribution >= 4 is 5.97 Å². The molecular weight excluding hydrogens is 235 g/mol. The van der Waals surface area contributed by atoms with E-state index in [0.717, 1.165) is 0 Å². The minimum absolute atomic E-state index is 0.187. The van der Waals surface area contributed by atoms with Gasteiger partial charge in [0.15, 0.2) is 11.6 Å². The molecule has 0 N–H and O–H groups in total. The van der Waals surface area contributed by atoms with Crippen LogP contribution >= 0.6 is 0 Å². The third-order valence-electron chi connectivity index (χ3n) is 2.71. The van der Waals surface area contributed by atoms with Crippen molar-refractivity contribution in [1.82, 2.24) is 0 Å². The highest BCUT2D eigenvalue weighted by atomic mass is 19.1. The van der Waals surface area contributed by atoms with Crippen molar-refractivity contribution in [3.63, 3.8) is 0 Å². The minimum Gasteiger partial charge on any atom is -0.494 e. The van der Waals surface area contributed by atoms with Crippen molar-refractivity contribution in [3.8, 4) is 5.75 Å². The van der Waals surface area contributed by atoms with Gasteiger partial charge in [0.05, 0.1) is 14.2 Å². The summed E-state index contributed by atoms with van der Waals surface area (Å²) in [5, 5.41) is 0. The van der Waals surface area contributed by atoms with Crippen LogP contribution in [-0.4, -0.2) is 20.2 Å². The van der Waals surface area contributed by atoms with Gasteiger partial charge in [0.2, 0.25) is 0 Å². The lowest BCUT2D eigenvalue weighted by Crippen LogP contribution is -2.17. The van der Waals surface area contributed by atoms with Crippen LogP contribution in [0.25, 0.3) is 0 Å². The van der Waals surface area contributed by atoms with E-state index in [2.05, 4.69) is 4.74 Å². The van der Waals surface area contributed by atoms with Crippen molar-refractivity contribution < 1.29 is 18.7 Å². The molecule has 0 saturated heterocycles. The highest BCUT2D eigenvalue weighted by Gasteiger charge is 2.23. The van der Waals surface area contributed by atoms with Crippen LogP contribution in [0.3, 0.4) is 0 Å². The second-order valence-electron chi connectivity index (χ2n) is 4.40. The lowest BCUT2D eigenvalue weighted by atomic mass is 9.84. The third kappa shape index (κ3) is 3.09. The van der Waals surface area contributed by atoms with E-state index in [0.29, 0.717) is 5.56 Å². The van der Waals surface area contributed by atoms with Crippen molar-refractivity contribution in [2.75, 3.05) is 14.2 Å². The number of hydrogen-bond donors (Lipinski definition) is 0. The molecule has 0 aliphatic heterocycles. The molecule has 0 aromatic heterocycles. The molecule has 0 fully saturated rings. The van der Waals surface area contributed by atoms with Gasteiger partial charge in [-0.15, -0.1) is 0 Å². The molecule has 3 nitrogen and oxygen atoms in total. The predicted molar refractivity (Wildman–Crippen MR) is 67.1 cm³/mol. The molecule has 1 rings (SSSR count). The van der Waals surface area contributed by atoms with Crippen molar-refractivity contribution in [2.45, 2.75) is 19.3 Å². The summed E-state index contributed by atoms with van der Waals surface area (Å²) in [4.78, 5) is 11.1. The number of allylic oxidation sites excluding steroid dienone is 1. The Morgan fingerprint density at radius 2 is 2.00 bits per heavy atom. The number of rotatable bonds is 4. The van der Waals surface area contributed by atoms with E-state index in [-0.39, 0.29) is 5.75 Å². The smallest absolute Gasteiger partial charge is 0.330 e. The second kappa shape index (κ2) is 5.67. The van der Waals surface area contributed by atoms with Gasteiger partial charge in [0.25, 0.3) is 0 Å². The van der Waals surface area contributed by atoms with E-state index in [1.807, 2.05) is 13.8 Å². The number of carbonyl (C=O) groups is 1. The highest BCUT2D eigenvalue weighted by Crippen LogP contribution is 2.31. The first-order valence-corrected chi connectivity index (χ1v) is 5.52. The van der Waals surface area contributed by atoms with Gasteiger partial charge < -0.3 is 9.47 Å². The van der Waals surface area contributed by atoms with Crippen LogP contribution in [-0.2, 0) is 14.9 Å². The van der Waals surface area contributed by atoms with Gasteiger partial charge in [-0.1, -0.05) is 32.1 Å². The van der Waals surface area contributed by atoms with Gasteiger partial charge in [-0.2, -0.15) is 0 Å². The molecule has 0 amide bonds. The van der Waals surface area contributed by atoms with E-state index < -0.39 is 17.2 Å². The Morgan fingerprint density at radius 3 is 2.56 bits per heavy atom. The molecule has 0 heterocycles. The van der Waals surface area contributed by atoms with Crippen LogP contribution in [0.1, 0.15) is 19.4 Å². The SMILES string of the molecule is COC(=O)C=CC(C)(C)c1cccc(OC)c1F. The molecule has 18 heavy (non-hydrogen) atoms. The average molecular weight is 252 g/mol. The van der Waals surface area contributed by atoms with Gasteiger partial charge in [-0.25, -0.2) is 9.18 Å². The summed E-state index contributed by atoms with van der Waals surface area (Å²) in [6.07, 6.45) is 2.90. The first-order chi connectivity index (χ1) is 8.42. The van der Waals surface area contributed by atoms with Crippen molar-refractivity contribution in [1.29, 1.82) is 0 Å². The van der Waals surface area contributed by atoms with Crippen LogP contribution in [0.4, 0.5) is 4.39 Å². The first kappa shape index (κ1) is 14.2. The lowest BCUT2D eigenvalue weighted by Gasteiger charge is -2.22. The Bertz CT molecular complexity index is 464. The Hall–Kier alpha value is -1.84. The van der Waals surface area contributed by atoms with Crippen LogP contribution in [0.2, 0.25) is 0 Å². The third-order valence-corrected chi connectivity index (χ3v) is 2.71. The van der Waals surface area contributed by atoms with Crippen LogP contribution in [0.15, 0.2) is 30.4 Å². The molecule has 0 unspecified atom stereocenters. The fraction of sp³-hybridized carbons (Fsp3) is 0.357. The predicted octanol–water partition coefficient (Wildman–Crippen LogP) is 2.84. The largest absolute Gasteiger partial charge is 0.494 e. The number of halogens is 1. The van der Waals surface area contributed by atoms with Gasteiger partial charge in [-0.3, -0.25) is 0 Å². The molecule has 4 heteroatoms. The molecular formula is C14H17FO3. The lowest BCUT2D eigenvalue weighted by molar-refractivity contribution is -0.134. The number of hydrogen-bond acceptors (Lipinski definition) is 3. The Morgan fingerprint density at radius 1 is 1.33 bits per heavy atom. The maximum Gasteiger partial charge on any atom is 0.330 e. The van der Waals surface area contributed by atoms with E-state index >= 15 is 0 Å². The molecule has 0 aliphatic carbocycles. The fourth-order valence-corrected chi connectivity index (χ4v) is 1.60. The zero-order chi connectivity index (χ0) is 13.8. The van der Waals surface area contributed by atoms with Gasteiger partial charge >= 0.3 is 5.97 Å². The fourth-order valence-electron chi connectivity index (χ4n) is 1.60. The number of benzene rings is 1. The molecule has 0 saturated carbocycles. The number of methoxy groups -OCH3 is 2. The molecule has 98 valence electrons. The monoisotopic (exact) mass is 252 g/mol. The van der Waals surface area contributed by atoms with E-state index in [4.69, 9.17) is 4.74 Å².